The predicted octanol–water partition coefficient (Wildman–Crippen LogP) is 4.43. The highest BCUT2D eigenvalue weighted by molar-refractivity contribution is 5.58. The van der Waals surface area contributed by atoms with Crippen molar-refractivity contribution >= 4 is 6.08 Å². The van der Waals surface area contributed by atoms with Crippen LogP contribution in [0.4, 0.5) is 0 Å². The molecular formula is C21H20O. The van der Waals surface area contributed by atoms with Crippen LogP contribution in [0.5, 0.6) is 0 Å². The van der Waals surface area contributed by atoms with E-state index in [-0.39, 0.29) is 0 Å². The minimum atomic E-state index is -0.996. The van der Waals surface area contributed by atoms with Gasteiger partial charge in [-0.05, 0) is 49.0 Å². The van der Waals surface area contributed by atoms with Gasteiger partial charge in [-0.15, -0.1) is 0 Å². The van der Waals surface area contributed by atoms with Gasteiger partial charge in [0.2, 0.25) is 0 Å². The van der Waals surface area contributed by atoms with Crippen molar-refractivity contribution in [3.8, 4) is 11.8 Å². The molecule has 0 bridgehead atoms. The fraction of sp³-hybridized carbons (Fsp3) is 0.238. The van der Waals surface area contributed by atoms with Crippen molar-refractivity contribution in [2.45, 2.75) is 31.3 Å². The van der Waals surface area contributed by atoms with Crippen LogP contribution in [0.15, 0.2) is 66.2 Å². The maximum Gasteiger partial charge on any atom is 0.147 e. The minimum Gasteiger partial charge on any atom is -0.374 e. The van der Waals surface area contributed by atoms with Crippen molar-refractivity contribution < 1.29 is 5.11 Å². The van der Waals surface area contributed by atoms with Crippen LogP contribution < -0.4 is 0 Å². The summed E-state index contributed by atoms with van der Waals surface area (Å²) in [4.78, 5) is 0. The van der Waals surface area contributed by atoms with Gasteiger partial charge in [-0.2, -0.15) is 0 Å². The summed E-state index contributed by atoms with van der Waals surface area (Å²) in [6.07, 6.45) is 5.86. The van der Waals surface area contributed by atoms with Gasteiger partial charge in [0.1, 0.15) is 5.60 Å². The van der Waals surface area contributed by atoms with E-state index in [0.29, 0.717) is 6.42 Å². The molecular weight excluding hydrogens is 268 g/mol. The Kier molecular flexibility index (Phi) is 4.42. The lowest BCUT2D eigenvalue weighted by Crippen LogP contribution is -2.32. The van der Waals surface area contributed by atoms with Gasteiger partial charge < -0.3 is 5.11 Å². The Hall–Kier alpha value is -2.30. The van der Waals surface area contributed by atoms with Crippen LogP contribution >= 0.6 is 0 Å². The molecule has 1 aliphatic rings. The van der Waals surface area contributed by atoms with Crippen molar-refractivity contribution in [2.24, 2.45) is 0 Å². The van der Waals surface area contributed by atoms with Crippen molar-refractivity contribution in [1.29, 1.82) is 0 Å². The van der Waals surface area contributed by atoms with E-state index in [9.17, 15) is 5.11 Å². The second-order valence-corrected chi connectivity index (χ2v) is 5.76. The molecule has 0 spiro atoms. The van der Waals surface area contributed by atoms with Crippen LogP contribution in [0.3, 0.4) is 0 Å². The van der Waals surface area contributed by atoms with Crippen LogP contribution in [0.25, 0.3) is 6.08 Å². The maximum absolute atomic E-state index is 11.0. The summed E-state index contributed by atoms with van der Waals surface area (Å²) in [5.74, 6) is 6.25. The van der Waals surface area contributed by atoms with Crippen LogP contribution in [0.1, 0.15) is 36.8 Å². The summed E-state index contributed by atoms with van der Waals surface area (Å²) in [6.45, 7) is 0. The topological polar surface area (TPSA) is 20.2 Å². The first-order chi connectivity index (χ1) is 10.8. The first kappa shape index (κ1) is 14.6. The molecule has 0 radical (unpaired) electrons. The normalized spacial score (nSPS) is 22.9. The van der Waals surface area contributed by atoms with Crippen LogP contribution in [-0.2, 0) is 0 Å². The highest BCUT2D eigenvalue weighted by atomic mass is 16.3. The summed E-state index contributed by atoms with van der Waals surface area (Å²) >= 11 is 0. The zero-order valence-corrected chi connectivity index (χ0v) is 12.6. The first-order valence-corrected chi connectivity index (χ1v) is 7.83. The quantitative estimate of drug-likeness (QED) is 0.770. The lowest BCUT2D eigenvalue weighted by Gasteiger charge is -2.30. The minimum absolute atomic E-state index is 0.714. The van der Waals surface area contributed by atoms with Gasteiger partial charge in [0.25, 0.3) is 0 Å². The number of rotatable bonds is 1. The Morgan fingerprint density at radius 1 is 0.909 bits per heavy atom. The zero-order chi connectivity index (χ0) is 15.3. The fourth-order valence-corrected chi connectivity index (χ4v) is 2.85. The standard InChI is InChI=1S/C21H20O/c22-21(16-14-18-9-3-1-4-10-18)15-8-7-13-20(21)17-19-11-5-2-6-12-19/h1-6,9-12,17,22H,7-8,13,15H2/b20-17+. The van der Waals surface area contributed by atoms with Crippen LogP contribution in [-0.4, -0.2) is 10.7 Å². The molecule has 1 aliphatic carbocycles. The lowest BCUT2D eigenvalue weighted by molar-refractivity contribution is 0.111. The molecule has 1 N–H and O–H groups in total. The molecule has 0 saturated heterocycles. The molecule has 2 aromatic rings. The Bertz CT molecular complexity index is 704. The average molecular weight is 288 g/mol. The Morgan fingerprint density at radius 2 is 1.59 bits per heavy atom. The molecule has 1 nitrogen and oxygen atoms in total. The predicted molar refractivity (Wildman–Crippen MR) is 91.2 cm³/mol. The van der Waals surface area contributed by atoms with Gasteiger partial charge in [-0.25, -0.2) is 0 Å². The smallest absolute Gasteiger partial charge is 0.147 e. The van der Waals surface area contributed by atoms with Gasteiger partial charge in [0.15, 0.2) is 0 Å². The van der Waals surface area contributed by atoms with E-state index >= 15 is 0 Å². The van der Waals surface area contributed by atoms with Gasteiger partial charge in [0.05, 0.1) is 0 Å². The van der Waals surface area contributed by atoms with E-state index in [1.54, 1.807) is 0 Å². The van der Waals surface area contributed by atoms with Crippen molar-refractivity contribution in [2.75, 3.05) is 0 Å². The number of hydrogen-bond acceptors (Lipinski definition) is 1. The monoisotopic (exact) mass is 288 g/mol. The Labute approximate surface area is 132 Å². The summed E-state index contributed by atoms with van der Waals surface area (Å²) in [6, 6.07) is 20.0. The third kappa shape index (κ3) is 3.47. The van der Waals surface area contributed by atoms with E-state index in [0.717, 1.165) is 36.0 Å². The number of hydrogen-bond donors (Lipinski definition) is 1. The van der Waals surface area contributed by atoms with E-state index in [1.807, 2.05) is 48.5 Å². The molecule has 2 aromatic carbocycles. The zero-order valence-electron chi connectivity index (χ0n) is 12.6. The van der Waals surface area contributed by atoms with E-state index < -0.39 is 5.60 Å². The van der Waals surface area contributed by atoms with Crippen LogP contribution in [0.2, 0.25) is 0 Å². The molecule has 1 atom stereocenters. The number of benzene rings is 2. The molecule has 0 amide bonds. The molecule has 110 valence electrons. The molecule has 1 fully saturated rings. The van der Waals surface area contributed by atoms with Crippen molar-refractivity contribution in [3.05, 3.63) is 77.4 Å². The second kappa shape index (κ2) is 6.64. The van der Waals surface area contributed by atoms with E-state index in [2.05, 4.69) is 30.0 Å². The lowest BCUT2D eigenvalue weighted by atomic mass is 9.79. The average Bonchev–Trinajstić information content (AvgIpc) is 2.57. The summed E-state index contributed by atoms with van der Waals surface area (Å²) < 4.78 is 0. The molecule has 3 rings (SSSR count). The third-order valence-corrected chi connectivity index (χ3v) is 4.09. The highest BCUT2D eigenvalue weighted by Crippen LogP contribution is 2.34. The van der Waals surface area contributed by atoms with E-state index in [1.165, 1.54) is 0 Å². The Balaban J connectivity index is 1.92. The SMILES string of the molecule is OC1(C#Cc2ccccc2)CCCC/C1=C\c1ccccc1. The molecule has 1 heteroatoms. The third-order valence-electron chi connectivity index (χ3n) is 4.09. The molecule has 22 heavy (non-hydrogen) atoms. The second-order valence-electron chi connectivity index (χ2n) is 5.76. The van der Waals surface area contributed by atoms with Crippen LogP contribution in [0, 0.1) is 11.8 Å². The van der Waals surface area contributed by atoms with Gasteiger partial charge in [-0.1, -0.05) is 66.4 Å². The van der Waals surface area contributed by atoms with E-state index in [4.69, 9.17) is 0 Å². The first-order valence-electron chi connectivity index (χ1n) is 7.83. The molecule has 1 saturated carbocycles. The Morgan fingerprint density at radius 3 is 2.32 bits per heavy atom. The number of aliphatic hydroxyl groups is 1. The van der Waals surface area contributed by atoms with Crippen molar-refractivity contribution in [3.63, 3.8) is 0 Å². The summed E-state index contributed by atoms with van der Waals surface area (Å²) in [5, 5.41) is 11.0. The fourth-order valence-electron chi connectivity index (χ4n) is 2.85. The maximum atomic E-state index is 11.0. The largest absolute Gasteiger partial charge is 0.374 e. The molecule has 1 unspecified atom stereocenters. The summed E-state index contributed by atoms with van der Waals surface area (Å²) in [5.41, 5.74) is 2.11. The molecule has 0 heterocycles. The van der Waals surface area contributed by atoms with Gasteiger partial charge in [-0.3, -0.25) is 0 Å². The van der Waals surface area contributed by atoms with Gasteiger partial charge >= 0.3 is 0 Å². The molecule has 0 aromatic heterocycles. The summed E-state index contributed by atoms with van der Waals surface area (Å²) in [7, 11) is 0. The van der Waals surface area contributed by atoms with Crippen molar-refractivity contribution in [1.82, 2.24) is 0 Å². The highest BCUT2D eigenvalue weighted by Gasteiger charge is 2.32. The molecule has 0 aliphatic heterocycles. The van der Waals surface area contributed by atoms with Gasteiger partial charge in [0, 0.05) is 5.56 Å².